The number of nitrogens with one attached hydrogen (secondary N) is 1. The zero-order valence-electron chi connectivity index (χ0n) is 9.16. The summed E-state index contributed by atoms with van der Waals surface area (Å²) in [7, 11) is 0. The second-order valence-corrected chi connectivity index (χ2v) is 5.03. The maximum atomic E-state index is 5.81. The summed E-state index contributed by atoms with van der Waals surface area (Å²) < 4.78 is 5.32. The standard InChI is InChI=1S/C9H16ClN3OS/c1-6(4-5-15-3)11-9-13-12-8(14-9)7(2)10/h6-7H,4-5H2,1-3H3,(H,11,13). The lowest BCUT2D eigenvalue weighted by atomic mass is 10.3. The first-order chi connectivity index (χ1) is 7.13. The number of aromatic nitrogens is 2. The van der Waals surface area contributed by atoms with Gasteiger partial charge in [-0.1, -0.05) is 5.10 Å². The van der Waals surface area contributed by atoms with Crippen LogP contribution in [0.4, 0.5) is 6.01 Å². The van der Waals surface area contributed by atoms with E-state index in [1.54, 1.807) is 6.92 Å². The number of rotatable bonds is 6. The molecule has 0 aliphatic heterocycles. The van der Waals surface area contributed by atoms with Crippen LogP contribution >= 0.6 is 23.4 Å². The van der Waals surface area contributed by atoms with Crippen LogP contribution in [0.5, 0.6) is 0 Å². The summed E-state index contributed by atoms with van der Waals surface area (Å²) in [4.78, 5) is 0. The Morgan fingerprint density at radius 1 is 1.47 bits per heavy atom. The van der Waals surface area contributed by atoms with E-state index >= 15 is 0 Å². The van der Waals surface area contributed by atoms with Gasteiger partial charge in [-0.15, -0.1) is 16.7 Å². The fourth-order valence-corrected chi connectivity index (χ4v) is 1.71. The van der Waals surface area contributed by atoms with Crippen LogP contribution < -0.4 is 5.32 Å². The molecule has 2 atom stereocenters. The van der Waals surface area contributed by atoms with Crippen molar-refractivity contribution in [3.8, 4) is 0 Å². The molecule has 0 spiro atoms. The van der Waals surface area contributed by atoms with E-state index in [9.17, 15) is 0 Å². The molecule has 0 fully saturated rings. The normalized spacial score (nSPS) is 14.9. The van der Waals surface area contributed by atoms with E-state index in [4.69, 9.17) is 16.0 Å². The largest absolute Gasteiger partial charge is 0.406 e. The molecule has 0 aliphatic rings. The van der Waals surface area contributed by atoms with Gasteiger partial charge in [0.25, 0.3) is 0 Å². The first-order valence-electron chi connectivity index (χ1n) is 4.86. The molecule has 6 heteroatoms. The first kappa shape index (κ1) is 12.6. The van der Waals surface area contributed by atoms with Crippen molar-refractivity contribution in [2.75, 3.05) is 17.3 Å². The van der Waals surface area contributed by atoms with Gasteiger partial charge in [0.05, 0.1) is 0 Å². The second kappa shape index (κ2) is 6.23. The molecule has 0 aliphatic carbocycles. The fraction of sp³-hybridized carbons (Fsp3) is 0.778. The molecule has 1 aromatic heterocycles. The quantitative estimate of drug-likeness (QED) is 0.786. The van der Waals surface area contributed by atoms with E-state index in [1.165, 1.54) is 0 Å². The Labute approximate surface area is 99.2 Å². The van der Waals surface area contributed by atoms with Crippen molar-refractivity contribution in [1.29, 1.82) is 0 Å². The smallest absolute Gasteiger partial charge is 0.315 e. The number of hydrogen-bond donors (Lipinski definition) is 1. The van der Waals surface area contributed by atoms with Crippen molar-refractivity contribution in [3.05, 3.63) is 5.89 Å². The average Bonchev–Trinajstić information content (AvgIpc) is 2.63. The number of hydrogen-bond acceptors (Lipinski definition) is 5. The van der Waals surface area contributed by atoms with Gasteiger partial charge >= 0.3 is 6.01 Å². The molecule has 86 valence electrons. The highest BCUT2D eigenvalue weighted by molar-refractivity contribution is 7.98. The molecule has 0 bridgehead atoms. The molecule has 1 N–H and O–H groups in total. The topological polar surface area (TPSA) is 51.0 Å². The third-order valence-corrected chi connectivity index (χ3v) is 2.74. The average molecular weight is 250 g/mol. The van der Waals surface area contributed by atoms with Crippen LogP contribution in [0.3, 0.4) is 0 Å². The molecular formula is C9H16ClN3OS. The minimum atomic E-state index is -0.241. The monoisotopic (exact) mass is 249 g/mol. The fourth-order valence-electron chi connectivity index (χ4n) is 1.03. The van der Waals surface area contributed by atoms with Crippen molar-refractivity contribution in [1.82, 2.24) is 10.2 Å². The Bertz CT molecular complexity index is 293. The number of anilines is 1. The molecular weight excluding hydrogens is 234 g/mol. The van der Waals surface area contributed by atoms with E-state index in [-0.39, 0.29) is 5.38 Å². The van der Waals surface area contributed by atoms with Crippen LogP contribution in [-0.4, -0.2) is 28.2 Å². The molecule has 1 heterocycles. The molecule has 0 aromatic carbocycles. The Morgan fingerprint density at radius 3 is 2.73 bits per heavy atom. The van der Waals surface area contributed by atoms with Crippen LogP contribution in [0.2, 0.25) is 0 Å². The van der Waals surface area contributed by atoms with Crippen molar-refractivity contribution >= 4 is 29.4 Å². The van der Waals surface area contributed by atoms with E-state index in [2.05, 4.69) is 28.7 Å². The van der Waals surface area contributed by atoms with E-state index in [0.717, 1.165) is 12.2 Å². The summed E-state index contributed by atoms with van der Waals surface area (Å²) in [6, 6.07) is 0.780. The summed E-state index contributed by atoms with van der Waals surface area (Å²) in [5.74, 6) is 1.57. The van der Waals surface area contributed by atoms with Crippen LogP contribution in [-0.2, 0) is 0 Å². The Kier molecular flexibility index (Phi) is 5.25. The zero-order chi connectivity index (χ0) is 11.3. The van der Waals surface area contributed by atoms with Crippen LogP contribution in [0.25, 0.3) is 0 Å². The summed E-state index contributed by atoms with van der Waals surface area (Å²) in [5, 5.41) is 10.6. The zero-order valence-corrected chi connectivity index (χ0v) is 10.7. The van der Waals surface area contributed by atoms with Crippen molar-refractivity contribution in [2.24, 2.45) is 0 Å². The maximum Gasteiger partial charge on any atom is 0.315 e. The number of nitrogens with zero attached hydrogens (tertiary/aromatic N) is 2. The predicted octanol–water partition coefficient (Wildman–Crippen LogP) is 2.92. The lowest BCUT2D eigenvalue weighted by molar-refractivity contribution is 0.500. The van der Waals surface area contributed by atoms with E-state index < -0.39 is 0 Å². The molecule has 0 amide bonds. The van der Waals surface area contributed by atoms with Gasteiger partial charge in [0.1, 0.15) is 5.38 Å². The summed E-state index contributed by atoms with van der Waals surface area (Å²) in [6.45, 7) is 3.89. The summed E-state index contributed by atoms with van der Waals surface area (Å²) in [5.41, 5.74) is 0. The van der Waals surface area contributed by atoms with Gasteiger partial charge in [-0.05, 0) is 32.3 Å². The Balaban J connectivity index is 2.42. The molecule has 15 heavy (non-hydrogen) atoms. The first-order valence-corrected chi connectivity index (χ1v) is 6.69. The van der Waals surface area contributed by atoms with E-state index in [1.807, 2.05) is 11.8 Å². The Morgan fingerprint density at radius 2 is 2.20 bits per heavy atom. The van der Waals surface area contributed by atoms with Gasteiger partial charge in [-0.25, -0.2) is 0 Å². The highest BCUT2D eigenvalue weighted by Gasteiger charge is 2.12. The van der Waals surface area contributed by atoms with Gasteiger partial charge < -0.3 is 9.73 Å². The Hall–Kier alpha value is -0.420. The van der Waals surface area contributed by atoms with Gasteiger partial charge in [-0.3, -0.25) is 0 Å². The minimum Gasteiger partial charge on any atom is -0.406 e. The molecule has 1 aromatic rings. The number of thioether (sulfide) groups is 1. The lowest BCUT2D eigenvalue weighted by Crippen LogP contribution is -2.16. The SMILES string of the molecule is CSCCC(C)Nc1nnc(C(C)Cl)o1. The van der Waals surface area contributed by atoms with E-state index in [0.29, 0.717) is 17.9 Å². The summed E-state index contributed by atoms with van der Waals surface area (Å²) in [6.07, 6.45) is 3.15. The highest BCUT2D eigenvalue weighted by atomic mass is 35.5. The third-order valence-electron chi connectivity index (χ3n) is 1.91. The third kappa shape index (κ3) is 4.30. The van der Waals surface area contributed by atoms with Gasteiger partial charge in [0.15, 0.2) is 0 Å². The van der Waals surface area contributed by atoms with Crippen LogP contribution in [0, 0.1) is 0 Å². The molecule has 1 rings (SSSR count). The summed E-state index contributed by atoms with van der Waals surface area (Å²) >= 11 is 7.63. The second-order valence-electron chi connectivity index (χ2n) is 3.39. The van der Waals surface area contributed by atoms with Crippen molar-refractivity contribution < 1.29 is 4.42 Å². The predicted molar refractivity (Wildman–Crippen MR) is 64.6 cm³/mol. The minimum absolute atomic E-state index is 0.241. The molecule has 0 saturated carbocycles. The van der Waals surface area contributed by atoms with Gasteiger partial charge in [0.2, 0.25) is 5.89 Å². The molecule has 0 radical (unpaired) electrons. The number of halogens is 1. The maximum absolute atomic E-state index is 5.81. The van der Waals surface area contributed by atoms with Crippen molar-refractivity contribution in [3.63, 3.8) is 0 Å². The van der Waals surface area contributed by atoms with Crippen LogP contribution in [0.1, 0.15) is 31.5 Å². The number of alkyl halides is 1. The van der Waals surface area contributed by atoms with Gasteiger partial charge in [0, 0.05) is 6.04 Å². The molecule has 4 nitrogen and oxygen atoms in total. The van der Waals surface area contributed by atoms with Gasteiger partial charge in [-0.2, -0.15) is 11.8 Å². The van der Waals surface area contributed by atoms with Crippen molar-refractivity contribution in [2.45, 2.75) is 31.7 Å². The van der Waals surface area contributed by atoms with Crippen LogP contribution in [0.15, 0.2) is 4.42 Å². The lowest BCUT2D eigenvalue weighted by Gasteiger charge is -2.09. The molecule has 0 saturated heterocycles. The molecule has 2 unspecified atom stereocenters. The highest BCUT2D eigenvalue weighted by Crippen LogP contribution is 2.19.